The minimum atomic E-state index is -0.562. The number of rotatable bonds is 5. The molecule has 0 bridgehead atoms. The van der Waals surface area contributed by atoms with Crippen LogP contribution in [0.25, 0.3) is 77.2 Å². The standard InChI is InChI=1S/C61H39N3/c1-3-18-40(19-4-1)41-20-15-23-43(38-41)62(44-36-37-56-49(39-44)46-25-9-12-32-54(46)63(56)42-21-5-2-6-22-42)58-35-17-30-52-59(58)48-26-7-10-28-50(48)61(52)51-29-11-14-34-57(51)64-55-33-13-8-24-45(55)47-27-16-31-53(61)60(47)64/h1-39H. The Morgan fingerprint density at radius 3 is 1.77 bits per heavy atom. The highest BCUT2D eigenvalue weighted by Gasteiger charge is 2.51. The van der Waals surface area contributed by atoms with Crippen LogP contribution in [0.5, 0.6) is 0 Å². The van der Waals surface area contributed by atoms with Crippen LogP contribution in [0.4, 0.5) is 17.1 Å². The molecule has 3 heterocycles. The van der Waals surface area contributed by atoms with E-state index >= 15 is 0 Å². The van der Waals surface area contributed by atoms with Crippen LogP contribution in [0.15, 0.2) is 237 Å². The van der Waals surface area contributed by atoms with Crippen LogP contribution >= 0.6 is 0 Å². The Kier molecular flexibility index (Phi) is 7.32. The minimum Gasteiger partial charge on any atom is -0.310 e. The van der Waals surface area contributed by atoms with Gasteiger partial charge in [0, 0.05) is 44.2 Å². The van der Waals surface area contributed by atoms with E-state index < -0.39 is 5.41 Å². The first-order chi connectivity index (χ1) is 31.8. The first-order valence-corrected chi connectivity index (χ1v) is 22.2. The van der Waals surface area contributed by atoms with Gasteiger partial charge in [0.25, 0.3) is 0 Å². The molecule has 2 aliphatic rings. The molecule has 3 nitrogen and oxygen atoms in total. The average Bonchev–Trinajstić information content (AvgIpc) is 3.99. The van der Waals surface area contributed by atoms with Gasteiger partial charge in [0.15, 0.2) is 0 Å². The van der Waals surface area contributed by atoms with Gasteiger partial charge in [0.1, 0.15) is 0 Å². The molecular weight excluding hydrogens is 775 g/mol. The van der Waals surface area contributed by atoms with Crippen molar-refractivity contribution in [3.8, 4) is 33.6 Å². The lowest BCUT2D eigenvalue weighted by molar-refractivity contribution is 0.748. The molecule has 0 amide bonds. The van der Waals surface area contributed by atoms with Crippen molar-refractivity contribution < 1.29 is 0 Å². The second-order valence-electron chi connectivity index (χ2n) is 17.2. The Morgan fingerprint density at radius 1 is 0.344 bits per heavy atom. The molecule has 12 aromatic rings. The molecule has 0 N–H and O–H groups in total. The molecule has 1 aliphatic carbocycles. The summed E-state index contributed by atoms with van der Waals surface area (Å²) in [4.78, 5) is 2.52. The summed E-state index contributed by atoms with van der Waals surface area (Å²) in [5.74, 6) is 0. The fraction of sp³-hybridized carbons (Fsp3) is 0.0164. The van der Waals surface area contributed by atoms with Crippen LogP contribution in [0.2, 0.25) is 0 Å². The normalized spacial score (nSPS) is 14.6. The van der Waals surface area contributed by atoms with E-state index in [0.717, 1.165) is 22.7 Å². The molecule has 1 aliphatic heterocycles. The van der Waals surface area contributed by atoms with E-state index in [2.05, 4.69) is 251 Å². The lowest BCUT2D eigenvalue weighted by Crippen LogP contribution is -2.33. The topological polar surface area (TPSA) is 13.1 Å². The van der Waals surface area contributed by atoms with E-state index in [4.69, 9.17) is 0 Å². The largest absolute Gasteiger partial charge is 0.310 e. The zero-order valence-electron chi connectivity index (χ0n) is 34.9. The Morgan fingerprint density at radius 2 is 0.922 bits per heavy atom. The van der Waals surface area contributed by atoms with Gasteiger partial charge in [-0.15, -0.1) is 0 Å². The van der Waals surface area contributed by atoms with E-state index in [1.165, 1.54) is 93.8 Å². The van der Waals surface area contributed by atoms with Crippen molar-refractivity contribution >= 4 is 60.7 Å². The van der Waals surface area contributed by atoms with E-state index in [9.17, 15) is 0 Å². The van der Waals surface area contributed by atoms with Crippen molar-refractivity contribution in [1.82, 2.24) is 9.13 Å². The molecule has 0 radical (unpaired) electrons. The predicted molar refractivity (Wildman–Crippen MR) is 266 cm³/mol. The number of anilines is 3. The van der Waals surface area contributed by atoms with E-state index in [1.807, 2.05) is 0 Å². The molecule has 298 valence electrons. The van der Waals surface area contributed by atoms with Gasteiger partial charge in [-0.25, -0.2) is 0 Å². The van der Waals surface area contributed by atoms with Crippen molar-refractivity contribution in [3.05, 3.63) is 259 Å². The molecule has 2 aromatic heterocycles. The third-order valence-corrected chi connectivity index (χ3v) is 14.1. The first kappa shape index (κ1) is 35.2. The summed E-state index contributed by atoms with van der Waals surface area (Å²) in [7, 11) is 0. The number of hydrogen-bond donors (Lipinski definition) is 0. The number of aromatic nitrogens is 2. The molecular formula is C61H39N3. The van der Waals surface area contributed by atoms with Crippen molar-refractivity contribution in [2.24, 2.45) is 0 Å². The highest BCUT2D eigenvalue weighted by atomic mass is 15.1. The number of hydrogen-bond acceptors (Lipinski definition) is 1. The van der Waals surface area contributed by atoms with Crippen molar-refractivity contribution in [3.63, 3.8) is 0 Å². The number of para-hydroxylation sites is 5. The quantitative estimate of drug-likeness (QED) is 0.169. The number of benzene rings is 10. The zero-order chi connectivity index (χ0) is 41.9. The van der Waals surface area contributed by atoms with Gasteiger partial charge in [-0.3, -0.25) is 0 Å². The summed E-state index contributed by atoms with van der Waals surface area (Å²) in [5, 5.41) is 5.00. The average molecular weight is 814 g/mol. The van der Waals surface area contributed by atoms with Gasteiger partial charge in [0.2, 0.25) is 0 Å². The van der Waals surface area contributed by atoms with E-state index in [0.29, 0.717) is 0 Å². The molecule has 1 atom stereocenters. The highest BCUT2D eigenvalue weighted by molar-refractivity contribution is 6.14. The minimum absolute atomic E-state index is 0.562. The molecule has 1 spiro atoms. The van der Waals surface area contributed by atoms with Crippen LogP contribution in [0.3, 0.4) is 0 Å². The lowest BCUT2D eigenvalue weighted by atomic mass is 9.65. The van der Waals surface area contributed by atoms with Crippen molar-refractivity contribution in [1.29, 1.82) is 0 Å². The first-order valence-electron chi connectivity index (χ1n) is 22.2. The zero-order valence-corrected chi connectivity index (χ0v) is 34.9. The second kappa shape index (κ2) is 13.3. The summed E-state index contributed by atoms with van der Waals surface area (Å²) in [6, 6.07) is 87.6. The van der Waals surface area contributed by atoms with Gasteiger partial charge in [-0.05, 0) is 106 Å². The fourth-order valence-electron chi connectivity index (χ4n) is 11.6. The molecule has 10 aromatic carbocycles. The van der Waals surface area contributed by atoms with Crippen molar-refractivity contribution in [2.75, 3.05) is 4.90 Å². The summed E-state index contributed by atoms with van der Waals surface area (Å²) in [6.07, 6.45) is 0. The molecule has 0 saturated carbocycles. The summed E-state index contributed by atoms with van der Waals surface area (Å²) >= 11 is 0. The van der Waals surface area contributed by atoms with Gasteiger partial charge in [-0.2, -0.15) is 0 Å². The Hall–Kier alpha value is -8.40. The predicted octanol–water partition coefficient (Wildman–Crippen LogP) is 15.7. The van der Waals surface area contributed by atoms with Gasteiger partial charge in [-0.1, -0.05) is 170 Å². The molecule has 1 unspecified atom stereocenters. The Balaban J connectivity index is 1.08. The van der Waals surface area contributed by atoms with Crippen LogP contribution < -0.4 is 4.90 Å². The molecule has 0 fully saturated rings. The molecule has 64 heavy (non-hydrogen) atoms. The maximum absolute atomic E-state index is 2.52. The van der Waals surface area contributed by atoms with Crippen LogP contribution in [-0.4, -0.2) is 9.13 Å². The lowest BCUT2D eigenvalue weighted by Gasteiger charge is -2.39. The van der Waals surface area contributed by atoms with Gasteiger partial charge in [0.05, 0.1) is 38.9 Å². The monoisotopic (exact) mass is 813 g/mol. The van der Waals surface area contributed by atoms with Crippen LogP contribution in [-0.2, 0) is 5.41 Å². The third kappa shape index (κ3) is 4.65. The number of fused-ring (bicyclic) bond motifs is 15. The summed E-state index contributed by atoms with van der Waals surface area (Å²) in [6.45, 7) is 0. The van der Waals surface area contributed by atoms with Crippen LogP contribution in [0, 0.1) is 0 Å². The third-order valence-electron chi connectivity index (χ3n) is 14.1. The van der Waals surface area contributed by atoms with Crippen LogP contribution in [0.1, 0.15) is 22.3 Å². The van der Waals surface area contributed by atoms with Gasteiger partial charge < -0.3 is 14.0 Å². The van der Waals surface area contributed by atoms with E-state index in [1.54, 1.807) is 0 Å². The maximum Gasteiger partial charge on any atom is 0.0755 e. The number of nitrogens with zero attached hydrogens (tertiary/aromatic N) is 3. The fourth-order valence-corrected chi connectivity index (χ4v) is 11.6. The maximum atomic E-state index is 2.52. The summed E-state index contributed by atoms with van der Waals surface area (Å²) < 4.78 is 4.92. The second-order valence-corrected chi connectivity index (χ2v) is 17.2. The molecule has 14 rings (SSSR count). The van der Waals surface area contributed by atoms with E-state index in [-0.39, 0.29) is 0 Å². The highest BCUT2D eigenvalue weighted by Crippen LogP contribution is 2.63. The Labute approximate surface area is 371 Å². The summed E-state index contributed by atoms with van der Waals surface area (Å²) in [5.41, 5.74) is 20.2. The Bertz CT molecular complexity index is 3860. The smallest absolute Gasteiger partial charge is 0.0755 e. The van der Waals surface area contributed by atoms with Gasteiger partial charge >= 0.3 is 0 Å². The molecule has 3 heteroatoms. The van der Waals surface area contributed by atoms with Crippen molar-refractivity contribution in [2.45, 2.75) is 5.41 Å². The SMILES string of the molecule is c1ccc(-c2cccc(N(c3ccc4c(c3)c3ccccc3n4-c3ccccc3)c3cccc4c3-c3ccccc3C43c4ccccc4-n4c5ccccc5c5cccc3c54)c2)cc1. The molecule has 0 saturated heterocycles.